The Kier molecular flexibility index (Phi) is 5.83. The van der Waals surface area contributed by atoms with Gasteiger partial charge in [-0.05, 0) is 36.4 Å². The summed E-state index contributed by atoms with van der Waals surface area (Å²) >= 11 is 0. The van der Waals surface area contributed by atoms with Gasteiger partial charge >= 0.3 is 5.97 Å². The van der Waals surface area contributed by atoms with Gasteiger partial charge in [0.15, 0.2) is 6.61 Å². The monoisotopic (exact) mass is 342 g/mol. The quantitative estimate of drug-likeness (QED) is 0.274. The molecule has 0 atom stereocenters. The summed E-state index contributed by atoms with van der Waals surface area (Å²) in [6.45, 7) is -0.513. The molecule has 0 aromatic heterocycles. The highest BCUT2D eigenvalue weighted by Crippen LogP contribution is 2.19. The third-order valence-electron chi connectivity index (χ3n) is 3.03. The van der Waals surface area contributed by atoms with Gasteiger partial charge < -0.3 is 15.2 Å². The summed E-state index contributed by atoms with van der Waals surface area (Å²) in [6, 6.07) is 11.7. The average molecular weight is 342 g/mol. The van der Waals surface area contributed by atoms with E-state index in [-0.39, 0.29) is 17.0 Å². The van der Waals surface area contributed by atoms with Gasteiger partial charge in [0.25, 0.3) is 11.6 Å². The number of nitrogens with zero attached hydrogens (tertiary/aromatic N) is 1. The second-order valence-corrected chi connectivity index (χ2v) is 4.85. The van der Waals surface area contributed by atoms with Crippen LogP contribution in [0.5, 0.6) is 5.75 Å². The first-order valence-corrected chi connectivity index (χ1v) is 7.13. The molecule has 0 saturated heterocycles. The van der Waals surface area contributed by atoms with Crippen LogP contribution in [0.15, 0.2) is 54.6 Å². The normalized spacial score (nSPS) is 10.4. The maximum Gasteiger partial charge on any atom is 0.331 e. The molecule has 2 aromatic carbocycles. The van der Waals surface area contributed by atoms with Gasteiger partial charge in [0, 0.05) is 17.8 Å². The van der Waals surface area contributed by atoms with Crippen LogP contribution in [0.25, 0.3) is 6.08 Å². The van der Waals surface area contributed by atoms with E-state index in [1.165, 1.54) is 48.5 Å². The fraction of sp³-hybridized carbons (Fsp3) is 0.0588. The number of hydrogen-bond donors (Lipinski definition) is 2. The molecule has 128 valence electrons. The molecular formula is C17H14N2O6. The fourth-order valence-electron chi connectivity index (χ4n) is 1.88. The number of phenols is 1. The van der Waals surface area contributed by atoms with Gasteiger partial charge in [-0.25, -0.2) is 4.79 Å². The van der Waals surface area contributed by atoms with Crippen LogP contribution in [0.1, 0.15) is 5.56 Å². The van der Waals surface area contributed by atoms with Crippen molar-refractivity contribution in [2.75, 3.05) is 11.9 Å². The van der Waals surface area contributed by atoms with Crippen molar-refractivity contribution in [3.05, 3.63) is 70.3 Å². The van der Waals surface area contributed by atoms with E-state index in [0.29, 0.717) is 5.69 Å². The van der Waals surface area contributed by atoms with Crippen LogP contribution >= 0.6 is 0 Å². The van der Waals surface area contributed by atoms with E-state index in [0.717, 1.165) is 6.08 Å². The molecule has 2 N–H and O–H groups in total. The summed E-state index contributed by atoms with van der Waals surface area (Å²) in [7, 11) is 0. The van der Waals surface area contributed by atoms with Gasteiger partial charge in [-0.3, -0.25) is 14.9 Å². The lowest BCUT2D eigenvalue weighted by molar-refractivity contribution is -0.385. The molecule has 8 nitrogen and oxygen atoms in total. The van der Waals surface area contributed by atoms with E-state index in [1.54, 1.807) is 6.07 Å². The zero-order valence-electron chi connectivity index (χ0n) is 12.9. The molecule has 0 heterocycles. The lowest BCUT2D eigenvalue weighted by atomic mass is 10.1. The molecule has 2 aromatic rings. The van der Waals surface area contributed by atoms with Crippen LogP contribution in [-0.4, -0.2) is 28.5 Å². The van der Waals surface area contributed by atoms with Crippen LogP contribution in [0.2, 0.25) is 0 Å². The lowest BCUT2D eigenvalue weighted by Crippen LogP contribution is -2.20. The number of hydrogen-bond acceptors (Lipinski definition) is 6. The Morgan fingerprint density at radius 1 is 1.16 bits per heavy atom. The van der Waals surface area contributed by atoms with E-state index < -0.39 is 23.4 Å². The number of amides is 1. The van der Waals surface area contributed by atoms with Crippen molar-refractivity contribution in [2.45, 2.75) is 0 Å². The number of para-hydroxylation sites is 1. The van der Waals surface area contributed by atoms with Gasteiger partial charge in [0.1, 0.15) is 5.75 Å². The maximum atomic E-state index is 11.7. The van der Waals surface area contributed by atoms with Gasteiger partial charge in [-0.15, -0.1) is 0 Å². The minimum absolute atomic E-state index is 0.0598. The number of phenolic OH excluding ortho intramolecular Hbond substituents is 1. The Balaban J connectivity index is 1.87. The number of ether oxygens (including phenoxy) is 1. The number of nitro groups is 1. The Bertz CT molecular complexity index is 814. The Morgan fingerprint density at radius 3 is 2.52 bits per heavy atom. The van der Waals surface area contributed by atoms with Crippen LogP contribution in [-0.2, 0) is 14.3 Å². The van der Waals surface area contributed by atoms with Crippen molar-refractivity contribution < 1.29 is 24.4 Å². The van der Waals surface area contributed by atoms with E-state index in [9.17, 15) is 19.7 Å². The maximum absolute atomic E-state index is 11.7. The molecule has 0 saturated carbocycles. The Labute approximate surface area is 142 Å². The molecule has 0 aliphatic heterocycles. The molecule has 8 heteroatoms. The number of benzene rings is 2. The summed E-state index contributed by atoms with van der Waals surface area (Å²) in [4.78, 5) is 33.6. The van der Waals surface area contributed by atoms with Crippen molar-refractivity contribution in [3.8, 4) is 5.75 Å². The van der Waals surface area contributed by atoms with E-state index >= 15 is 0 Å². The third-order valence-corrected chi connectivity index (χ3v) is 3.03. The number of nitrogens with one attached hydrogen (secondary N) is 1. The van der Waals surface area contributed by atoms with Crippen LogP contribution < -0.4 is 5.32 Å². The minimum Gasteiger partial charge on any atom is -0.508 e. The van der Waals surface area contributed by atoms with E-state index in [1.807, 2.05) is 0 Å². The van der Waals surface area contributed by atoms with E-state index in [4.69, 9.17) is 9.84 Å². The zero-order chi connectivity index (χ0) is 18.2. The SMILES string of the molecule is O=C(COC(=O)/C=C/c1ccccc1[N+](=O)[O-])Nc1ccc(O)cc1. The summed E-state index contributed by atoms with van der Waals surface area (Å²) in [6.07, 6.45) is 2.26. The number of anilines is 1. The van der Waals surface area contributed by atoms with Gasteiger partial charge in [-0.1, -0.05) is 12.1 Å². The highest BCUT2D eigenvalue weighted by Gasteiger charge is 2.10. The molecule has 0 unspecified atom stereocenters. The predicted molar refractivity (Wildman–Crippen MR) is 89.8 cm³/mol. The second kappa shape index (κ2) is 8.25. The Morgan fingerprint density at radius 2 is 1.84 bits per heavy atom. The third kappa shape index (κ3) is 5.47. The first-order chi connectivity index (χ1) is 12.0. The topological polar surface area (TPSA) is 119 Å². The fourth-order valence-corrected chi connectivity index (χ4v) is 1.88. The molecule has 0 aliphatic rings. The number of esters is 1. The van der Waals surface area contributed by atoms with Crippen LogP contribution in [0.3, 0.4) is 0 Å². The molecular weight excluding hydrogens is 328 g/mol. The number of nitro benzene ring substituents is 1. The van der Waals surface area contributed by atoms with Crippen molar-refractivity contribution in [1.29, 1.82) is 0 Å². The standard InChI is InChI=1S/C17H14N2O6/c20-14-8-6-13(7-9-14)18-16(21)11-25-17(22)10-5-12-3-1-2-4-15(12)19(23)24/h1-10,20H,11H2,(H,18,21)/b10-5+. The predicted octanol–water partition coefficient (Wildman–Crippen LogP) is 2.50. The average Bonchev–Trinajstić information content (AvgIpc) is 2.60. The Hall–Kier alpha value is -3.68. The number of rotatable bonds is 6. The van der Waals surface area contributed by atoms with Crippen LogP contribution in [0.4, 0.5) is 11.4 Å². The van der Waals surface area contributed by atoms with Crippen molar-refractivity contribution in [2.24, 2.45) is 0 Å². The zero-order valence-corrected chi connectivity index (χ0v) is 12.9. The summed E-state index contributed by atoms with van der Waals surface area (Å²) in [5.74, 6) is -1.30. The number of carbonyl (C=O) groups is 2. The first-order valence-electron chi connectivity index (χ1n) is 7.13. The van der Waals surface area contributed by atoms with Crippen molar-refractivity contribution >= 4 is 29.3 Å². The molecule has 0 bridgehead atoms. The van der Waals surface area contributed by atoms with Gasteiger partial charge in [0.2, 0.25) is 0 Å². The minimum atomic E-state index is -0.806. The largest absolute Gasteiger partial charge is 0.508 e. The summed E-state index contributed by atoms with van der Waals surface area (Å²) < 4.78 is 4.76. The lowest BCUT2D eigenvalue weighted by Gasteiger charge is -2.05. The molecule has 0 fully saturated rings. The smallest absolute Gasteiger partial charge is 0.331 e. The summed E-state index contributed by atoms with van der Waals surface area (Å²) in [5.41, 5.74) is 0.545. The summed E-state index contributed by atoms with van der Waals surface area (Å²) in [5, 5.41) is 22.5. The van der Waals surface area contributed by atoms with Crippen molar-refractivity contribution in [3.63, 3.8) is 0 Å². The van der Waals surface area contributed by atoms with Gasteiger partial charge in [-0.2, -0.15) is 0 Å². The molecule has 0 aliphatic carbocycles. The van der Waals surface area contributed by atoms with Crippen LogP contribution in [0, 0.1) is 10.1 Å². The second-order valence-electron chi connectivity index (χ2n) is 4.85. The first kappa shape index (κ1) is 17.7. The van der Waals surface area contributed by atoms with Gasteiger partial charge in [0.05, 0.1) is 10.5 Å². The van der Waals surface area contributed by atoms with E-state index in [2.05, 4.69) is 5.32 Å². The highest BCUT2D eigenvalue weighted by molar-refractivity contribution is 5.94. The molecule has 1 amide bonds. The molecule has 2 rings (SSSR count). The number of aromatic hydroxyl groups is 1. The number of carbonyl (C=O) groups excluding carboxylic acids is 2. The molecule has 0 spiro atoms. The molecule has 25 heavy (non-hydrogen) atoms. The molecule has 0 radical (unpaired) electrons. The highest BCUT2D eigenvalue weighted by atomic mass is 16.6. The van der Waals surface area contributed by atoms with Crippen molar-refractivity contribution in [1.82, 2.24) is 0 Å².